The maximum atomic E-state index is 6.34. The minimum atomic E-state index is -0.175. The Hall–Kier alpha value is -0.960. The molecule has 1 heterocycles. The molecule has 1 aromatic heterocycles. The van der Waals surface area contributed by atoms with Crippen LogP contribution in [0, 0.1) is 18.8 Å². The Bertz CT molecular complexity index is 347. The first-order valence-corrected chi connectivity index (χ1v) is 5.31. The van der Waals surface area contributed by atoms with Crippen LogP contribution >= 0.6 is 0 Å². The zero-order valence-electron chi connectivity index (χ0n) is 8.40. The quantitative estimate of drug-likeness (QED) is 0.726. The molecule has 2 unspecified atom stereocenters. The first kappa shape index (κ1) is 8.36. The second kappa shape index (κ2) is 2.54. The molecule has 2 aliphatic rings. The van der Waals surface area contributed by atoms with Gasteiger partial charge in [0.15, 0.2) is 0 Å². The Kier molecular flexibility index (Phi) is 1.52. The van der Waals surface area contributed by atoms with Gasteiger partial charge in [0.05, 0.1) is 5.54 Å². The molecule has 74 valence electrons. The van der Waals surface area contributed by atoms with Gasteiger partial charge in [0.25, 0.3) is 0 Å². The summed E-state index contributed by atoms with van der Waals surface area (Å²) >= 11 is 0. The Balaban J connectivity index is 1.93. The third kappa shape index (κ3) is 0.906. The molecule has 1 aromatic rings. The van der Waals surface area contributed by atoms with Crippen molar-refractivity contribution in [2.45, 2.75) is 31.7 Å². The first-order chi connectivity index (χ1) is 6.73. The molecule has 2 atom stereocenters. The molecular formula is C11H15N3. The lowest BCUT2D eigenvalue weighted by Crippen LogP contribution is -2.28. The molecular weight excluding hydrogens is 174 g/mol. The molecule has 3 heteroatoms. The van der Waals surface area contributed by atoms with Gasteiger partial charge < -0.3 is 5.73 Å². The highest BCUT2D eigenvalue weighted by Gasteiger charge is 2.66. The monoisotopic (exact) mass is 189 g/mol. The number of rotatable bonds is 1. The maximum Gasteiger partial charge on any atom is 0.148 e. The fourth-order valence-electron chi connectivity index (χ4n) is 2.95. The molecule has 2 saturated carbocycles. The zero-order chi connectivity index (χ0) is 9.76. The van der Waals surface area contributed by atoms with Crippen LogP contribution in [0.5, 0.6) is 0 Å². The van der Waals surface area contributed by atoms with Gasteiger partial charge in [0.1, 0.15) is 5.82 Å². The largest absolute Gasteiger partial charge is 0.318 e. The molecule has 0 amide bonds. The second-order valence-corrected chi connectivity index (χ2v) is 4.66. The lowest BCUT2D eigenvalue weighted by molar-refractivity contribution is 0.499. The van der Waals surface area contributed by atoms with Crippen LogP contribution in [0.4, 0.5) is 0 Å². The number of hydrogen-bond acceptors (Lipinski definition) is 3. The first-order valence-electron chi connectivity index (χ1n) is 5.31. The van der Waals surface area contributed by atoms with Gasteiger partial charge in [0, 0.05) is 12.4 Å². The molecule has 0 saturated heterocycles. The van der Waals surface area contributed by atoms with Crippen molar-refractivity contribution in [3.8, 4) is 0 Å². The predicted molar refractivity (Wildman–Crippen MR) is 53.5 cm³/mol. The topological polar surface area (TPSA) is 51.8 Å². The lowest BCUT2D eigenvalue weighted by Gasteiger charge is -2.13. The van der Waals surface area contributed by atoms with Crippen molar-refractivity contribution in [3.63, 3.8) is 0 Å². The Morgan fingerprint density at radius 1 is 1.29 bits per heavy atom. The van der Waals surface area contributed by atoms with Crippen LogP contribution < -0.4 is 5.73 Å². The van der Waals surface area contributed by atoms with E-state index in [1.807, 2.05) is 19.3 Å². The van der Waals surface area contributed by atoms with Gasteiger partial charge in [-0.25, -0.2) is 9.97 Å². The van der Waals surface area contributed by atoms with E-state index in [9.17, 15) is 0 Å². The fourth-order valence-corrected chi connectivity index (χ4v) is 2.95. The molecule has 14 heavy (non-hydrogen) atoms. The SMILES string of the molecule is Cc1cnc(C2(N)C3CCCC32)nc1. The van der Waals surface area contributed by atoms with Gasteiger partial charge in [-0.3, -0.25) is 0 Å². The van der Waals surface area contributed by atoms with Gasteiger partial charge in [-0.1, -0.05) is 6.42 Å². The summed E-state index contributed by atoms with van der Waals surface area (Å²) in [5.74, 6) is 2.17. The zero-order valence-corrected chi connectivity index (χ0v) is 8.40. The minimum Gasteiger partial charge on any atom is -0.318 e. The third-order valence-electron chi connectivity index (χ3n) is 3.80. The van der Waals surface area contributed by atoms with Gasteiger partial charge in [-0.05, 0) is 37.2 Å². The van der Waals surface area contributed by atoms with E-state index in [-0.39, 0.29) is 5.54 Å². The van der Waals surface area contributed by atoms with E-state index in [0.29, 0.717) is 11.8 Å². The highest BCUT2D eigenvalue weighted by molar-refractivity contribution is 5.26. The number of aryl methyl sites for hydroxylation is 1. The van der Waals surface area contributed by atoms with E-state index in [1.54, 1.807) is 0 Å². The van der Waals surface area contributed by atoms with Crippen molar-refractivity contribution in [1.29, 1.82) is 0 Å². The molecule has 2 fully saturated rings. The highest BCUT2D eigenvalue weighted by Crippen LogP contribution is 2.63. The smallest absolute Gasteiger partial charge is 0.148 e. The van der Waals surface area contributed by atoms with E-state index < -0.39 is 0 Å². The van der Waals surface area contributed by atoms with Crippen molar-refractivity contribution in [2.24, 2.45) is 17.6 Å². The normalized spacial score (nSPS) is 39.6. The van der Waals surface area contributed by atoms with Gasteiger partial charge >= 0.3 is 0 Å². The number of nitrogens with two attached hydrogens (primary N) is 1. The molecule has 0 spiro atoms. The number of fused-ring (bicyclic) bond motifs is 1. The average Bonchev–Trinajstić information content (AvgIpc) is 2.63. The van der Waals surface area contributed by atoms with Crippen LogP contribution in [0.25, 0.3) is 0 Å². The summed E-state index contributed by atoms with van der Waals surface area (Å²) < 4.78 is 0. The summed E-state index contributed by atoms with van der Waals surface area (Å²) in [5, 5.41) is 0. The lowest BCUT2D eigenvalue weighted by atomic mass is 10.1. The summed E-state index contributed by atoms with van der Waals surface area (Å²) in [6, 6.07) is 0. The van der Waals surface area contributed by atoms with E-state index >= 15 is 0 Å². The summed E-state index contributed by atoms with van der Waals surface area (Å²) in [4.78, 5) is 8.72. The van der Waals surface area contributed by atoms with E-state index in [1.165, 1.54) is 19.3 Å². The predicted octanol–water partition coefficient (Wildman–Crippen LogP) is 1.37. The summed E-state index contributed by atoms with van der Waals surface area (Å²) in [6.07, 6.45) is 7.59. The molecule has 0 radical (unpaired) electrons. The molecule has 0 aliphatic heterocycles. The van der Waals surface area contributed by atoms with Crippen LogP contribution in [0.15, 0.2) is 12.4 Å². The standard InChI is InChI=1S/C11H15N3/c1-7-5-13-10(14-6-7)11(12)8-3-2-4-9(8)11/h5-6,8-9H,2-4,12H2,1H3. The third-order valence-corrected chi connectivity index (χ3v) is 3.80. The Morgan fingerprint density at radius 3 is 2.43 bits per heavy atom. The summed E-state index contributed by atoms with van der Waals surface area (Å²) in [6.45, 7) is 2.00. The van der Waals surface area contributed by atoms with Crippen molar-refractivity contribution in [3.05, 3.63) is 23.8 Å². The summed E-state index contributed by atoms with van der Waals surface area (Å²) in [5.41, 5.74) is 7.27. The van der Waals surface area contributed by atoms with Crippen LogP contribution in [0.1, 0.15) is 30.7 Å². The van der Waals surface area contributed by atoms with Crippen molar-refractivity contribution in [2.75, 3.05) is 0 Å². The maximum absolute atomic E-state index is 6.34. The Labute approximate surface area is 83.8 Å². The number of nitrogens with zero attached hydrogens (tertiary/aromatic N) is 2. The van der Waals surface area contributed by atoms with Crippen molar-refractivity contribution >= 4 is 0 Å². The molecule has 3 rings (SSSR count). The van der Waals surface area contributed by atoms with E-state index in [2.05, 4.69) is 9.97 Å². The molecule has 3 nitrogen and oxygen atoms in total. The van der Waals surface area contributed by atoms with E-state index in [0.717, 1.165) is 11.4 Å². The highest BCUT2D eigenvalue weighted by atomic mass is 15.0. The molecule has 2 N–H and O–H groups in total. The number of hydrogen-bond donors (Lipinski definition) is 1. The summed E-state index contributed by atoms with van der Waals surface area (Å²) in [7, 11) is 0. The minimum absolute atomic E-state index is 0.175. The van der Waals surface area contributed by atoms with Crippen LogP contribution in [-0.4, -0.2) is 9.97 Å². The van der Waals surface area contributed by atoms with Gasteiger partial charge in [-0.2, -0.15) is 0 Å². The van der Waals surface area contributed by atoms with Crippen LogP contribution in [0.2, 0.25) is 0 Å². The fraction of sp³-hybridized carbons (Fsp3) is 0.636. The number of aromatic nitrogens is 2. The van der Waals surface area contributed by atoms with Crippen LogP contribution in [-0.2, 0) is 5.54 Å². The average molecular weight is 189 g/mol. The molecule has 0 bridgehead atoms. The van der Waals surface area contributed by atoms with Gasteiger partial charge in [0.2, 0.25) is 0 Å². The van der Waals surface area contributed by atoms with E-state index in [4.69, 9.17) is 5.73 Å². The van der Waals surface area contributed by atoms with Gasteiger partial charge in [-0.15, -0.1) is 0 Å². The molecule has 0 aromatic carbocycles. The Morgan fingerprint density at radius 2 is 1.86 bits per heavy atom. The van der Waals surface area contributed by atoms with Crippen molar-refractivity contribution < 1.29 is 0 Å². The van der Waals surface area contributed by atoms with Crippen LogP contribution in [0.3, 0.4) is 0 Å². The van der Waals surface area contributed by atoms with Crippen molar-refractivity contribution in [1.82, 2.24) is 9.97 Å². The molecule has 2 aliphatic carbocycles. The second-order valence-electron chi connectivity index (χ2n) is 4.66.